The maximum absolute atomic E-state index is 6.21. The van der Waals surface area contributed by atoms with Gasteiger partial charge in [0.05, 0.1) is 0 Å². The molecule has 0 aliphatic carbocycles. The van der Waals surface area contributed by atoms with Gasteiger partial charge in [0.15, 0.2) is 0 Å². The molecule has 4 heteroatoms. The first-order chi connectivity index (χ1) is 8.67. The Morgan fingerprint density at radius 2 is 2.06 bits per heavy atom. The highest BCUT2D eigenvalue weighted by Gasteiger charge is 2.11. The second kappa shape index (κ2) is 9.08. The molecular weight excluding hydrogens is 285 g/mol. The molecule has 0 amide bonds. The number of benzene rings is 1. The van der Waals surface area contributed by atoms with E-state index in [2.05, 4.69) is 19.2 Å². The van der Waals surface area contributed by atoms with E-state index >= 15 is 0 Å². The van der Waals surface area contributed by atoms with Crippen LogP contribution in [0.2, 0.25) is 10.0 Å². The molecule has 0 aliphatic heterocycles. The van der Waals surface area contributed by atoms with Crippen LogP contribution < -0.4 is 5.32 Å². The summed E-state index contributed by atoms with van der Waals surface area (Å²) in [5.41, 5.74) is 1.13. The first-order valence-corrected chi connectivity index (χ1v) is 8.33. The first kappa shape index (κ1) is 16.2. The molecule has 0 saturated heterocycles. The van der Waals surface area contributed by atoms with Crippen LogP contribution in [0.1, 0.15) is 25.8 Å². The van der Waals surface area contributed by atoms with Gasteiger partial charge in [0, 0.05) is 21.8 Å². The molecule has 1 aromatic rings. The lowest BCUT2D eigenvalue weighted by Crippen LogP contribution is -2.33. The Morgan fingerprint density at radius 3 is 2.72 bits per heavy atom. The molecule has 0 fully saturated rings. The predicted octanol–water partition coefficient (Wildman–Crippen LogP) is 4.66. The van der Waals surface area contributed by atoms with Crippen molar-refractivity contribution in [3.05, 3.63) is 33.8 Å². The fourth-order valence-corrected chi connectivity index (χ4v) is 3.18. The molecule has 18 heavy (non-hydrogen) atoms. The van der Waals surface area contributed by atoms with E-state index in [1.807, 2.05) is 30.0 Å². The summed E-state index contributed by atoms with van der Waals surface area (Å²) < 4.78 is 0. The van der Waals surface area contributed by atoms with Crippen LogP contribution in [-0.2, 0) is 6.42 Å². The Hall–Kier alpha value is 0.110. The van der Waals surface area contributed by atoms with Crippen molar-refractivity contribution in [2.75, 3.05) is 18.1 Å². The summed E-state index contributed by atoms with van der Waals surface area (Å²) in [6.07, 6.45) is 2.16. The van der Waals surface area contributed by atoms with Crippen molar-refractivity contribution in [1.82, 2.24) is 5.32 Å². The van der Waals surface area contributed by atoms with Gasteiger partial charge in [0.25, 0.3) is 0 Å². The number of hydrogen-bond donors (Lipinski definition) is 1. The lowest BCUT2D eigenvalue weighted by atomic mass is 10.1. The van der Waals surface area contributed by atoms with Crippen molar-refractivity contribution in [2.24, 2.45) is 0 Å². The second-order valence-corrected chi connectivity index (χ2v) is 6.26. The van der Waals surface area contributed by atoms with Crippen LogP contribution in [0.3, 0.4) is 0 Å². The minimum Gasteiger partial charge on any atom is -0.313 e. The molecular formula is C14H21Cl2NS. The SMILES string of the molecule is CCCSCC(Cc1cc(Cl)ccc1Cl)NCC. The largest absolute Gasteiger partial charge is 0.313 e. The van der Waals surface area contributed by atoms with Crippen molar-refractivity contribution >= 4 is 35.0 Å². The monoisotopic (exact) mass is 305 g/mol. The van der Waals surface area contributed by atoms with E-state index in [9.17, 15) is 0 Å². The molecule has 1 nitrogen and oxygen atoms in total. The molecule has 0 aromatic heterocycles. The van der Waals surface area contributed by atoms with E-state index in [0.717, 1.165) is 34.3 Å². The van der Waals surface area contributed by atoms with E-state index < -0.39 is 0 Å². The molecule has 0 heterocycles. The highest BCUT2D eigenvalue weighted by Crippen LogP contribution is 2.22. The minimum atomic E-state index is 0.461. The summed E-state index contributed by atoms with van der Waals surface area (Å²) in [5, 5.41) is 5.08. The molecule has 1 atom stereocenters. The van der Waals surface area contributed by atoms with Gasteiger partial charge in [-0.2, -0.15) is 11.8 Å². The van der Waals surface area contributed by atoms with Gasteiger partial charge in [-0.05, 0) is 48.9 Å². The summed E-state index contributed by atoms with van der Waals surface area (Å²) >= 11 is 14.2. The fraction of sp³-hybridized carbons (Fsp3) is 0.571. The van der Waals surface area contributed by atoms with E-state index in [1.54, 1.807) is 0 Å². The molecule has 1 aromatic carbocycles. The Labute approximate surface area is 125 Å². The summed E-state index contributed by atoms with van der Waals surface area (Å²) in [5.74, 6) is 2.33. The van der Waals surface area contributed by atoms with E-state index in [1.165, 1.54) is 12.2 Å². The van der Waals surface area contributed by atoms with Gasteiger partial charge < -0.3 is 5.32 Å². The lowest BCUT2D eigenvalue weighted by molar-refractivity contribution is 0.572. The minimum absolute atomic E-state index is 0.461. The maximum Gasteiger partial charge on any atom is 0.0439 e. The summed E-state index contributed by atoms with van der Waals surface area (Å²) in [7, 11) is 0. The third-order valence-electron chi connectivity index (χ3n) is 2.63. The van der Waals surface area contributed by atoms with Crippen LogP contribution in [0.25, 0.3) is 0 Å². The Balaban J connectivity index is 2.60. The molecule has 0 saturated carbocycles. The van der Waals surface area contributed by atoms with E-state index in [4.69, 9.17) is 23.2 Å². The van der Waals surface area contributed by atoms with Crippen LogP contribution in [0.15, 0.2) is 18.2 Å². The molecule has 1 unspecified atom stereocenters. The third-order valence-corrected chi connectivity index (χ3v) is 4.57. The van der Waals surface area contributed by atoms with Crippen molar-refractivity contribution in [3.8, 4) is 0 Å². The number of likely N-dealkylation sites (N-methyl/N-ethyl adjacent to an activating group) is 1. The van der Waals surface area contributed by atoms with E-state index in [0.29, 0.717) is 6.04 Å². The Bertz CT molecular complexity index is 358. The van der Waals surface area contributed by atoms with Crippen molar-refractivity contribution < 1.29 is 0 Å². The summed E-state index contributed by atoms with van der Waals surface area (Å²) in [6, 6.07) is 6.14. The highest BCUT2D eigenvalue weighted by molar-refractivity contribution is 7.99. The average molecular weight is 306 g/mol. The number of halogens is 2. The van der Waals surface area contributed by atoms with Crippen molar-refractivity contribution in [1.29, 1.82) is 0 Å². The normalized spacial score (nSPS) is 12.7. The van der Waals surface area contributed by atoms with E-state index in [-0.39, 0.29) is 0 Å². The maximum atomic E-state index is 6.21. The van der Waals surface area contributed by atoms with Crippen LogP contribution in [-0.4, -0.2) is 24.1 Å². The molecule has 0 spiro atoms. The van der Waals surface area contributed by atoms with Crippen LogP contribution in [0, 0.1) is 0 Å². The van der Waals surface area contributed by atoms with Crippen molar-refractivity contribution in [3.63, 3.8) is 0 Å². The van der Waals surface area contributed by atoms with Gasteiger partial charge in [-0.1, -0.05) is 37.0 Å². The first-order valence-electron chi connectivity index (χ1n) is 6.42. The van der Waals surface area contributed by atoms with Gasteiger partial charge in [-0.15, -0.1) is 0 Å². The highest BCUT2D eigenvalue weighted by atomic mass is 35.5. The van der Waals surface area contributed by atoms with Crippen molar-refractivity contribution in [2.45, 2.75) is 32.7 Å². The van der Waals surface area contributed by atoms with Gasteiger partial charge >= 0.3 is 0 Å². The molecule has 0 aliphatic rings. The second-order valence-electron chi connectivity index (χ2n) is 4.27. The molecule has 0 bridgehead atoms. The van der Waals surface area contributed by atoms with Gasteiger partial charge in [-0.3, -0.25) is 0 Å². The predicted molar refractivity (Wildman–Crippen MR) is 85.2 cm³/mol. The van der Waals surface area contributed by atoms with Gasteiger partial charge in [-0.25, -0.2) is 0 Å². The average Bonchev–Trinajstić information content (AvgIpc) is 2.34. The third kappa shape index (κ3) is 5.83. The van der Waals surface area contributed by atoms with Gasteiger partial charge in [0.2, 0.25) is 0 Å². The Morgan fingerprint density at radius 1 is 1.28 bits per heavy atom. The van der Waals surface area contributed by atoms with Crippen LogP contribution >= 0.6 is 35.0 Å². The van der Waals surface area contributed by atoms with Crippen LogP contribution in [0.5, 0.6) is 0 Å². The zero-order valence-electron chi connectivity index (χ0n) is 11.0. The molecule has 102 valence electrons. The smallest absolute Gasteiger partial charge is 0.0439 e. The van der Waals surface area contributed by atoms with Gasteiger partial charge in [0.1, 0.15) is 0 Å². The Kier molecular flexibility index (Phi) is 8.16. The zero-order chi connectivity index (χ0) is 13.4. The number of hydrogen-bond acceptors (Lipinski definition) is 2. The quantitative estimate of drug-likeness (QED) is 0.701. The number of nitrogens with one attached hydrogen (secondary N) is 1. The standard InChI is InChI=1S/C14H21Cl2NS/c1-3-7-18-10-13(17-4-2)9-11-8-12(15)5-6-14(11)16/h5-6,8,13,17H,3-4,7,9-10H2,1-2H3. The van der Waals surface area contributed by atoms with Crippen LogP contribution in [0.4, 0.5) is 0 Å². The zero-order valence-corrected chi connectivity index (χ0v) is 13.3. The molecule has 1 rings (SSSR count). The summed E-state index contributed by atoms with van der Waals surface area (Å²) in [6.45, 7) is 5.33. The number of thioether (sulfide) groups is 1. The fourth-order valence-electron chi connectivity index (χ4n) is 1.81. The topological polar surface area (TPSA) is 12.0 Å². The summed E-state index contributed by atoms with van der Waals surface area (Å²) in [4.78, 5) is 0. The molecule has 0 radical (unpaired) electrons. The number of rotatable bonds is 8. The molecule has 1 N–H and O–H groups in total. The lowest BCUT2D eigenvalue weighted by Gasteiger charge is -2.18.